The summed E-state index contributed by atoms with van der Waals surface area (Å²) < 4.78 is 30.3. The van der Waals surface area contributed by atoms with Crippen LogP contribution in [0.15, 0.2) is 72.3 Å². The van der Waals surface area contributed by atoms with Crippen LogP contribution in [-0.4, -0.2) is 240 Å². The summed E-state index contributed by atoms with van der Waals surface area (Å²) in [7, 11) is 26.9. The van der Waals surface area contributed by atoms with Gasteiger partial charge in [0.25, 0.3) is 0 Å². The van der Waals surface area contributed by atoms with Crippen molar-refractivity contribution in [3.8, 4) is 28.7 Å². The zero-order chi connectivity index (χ0) is 89.8. The van der Waals surface area contributed by atoms with Gasteiger partial charge in [0.1, 0.15) is 89.8 Å². The van der Waals surface area contributed by atoms with Crippen LogP contribution in [0.25, 0.3) is 0 Å². The minimum Gasteiger partial charge on any atom is -0.487 e. The van der Waals surface area contributed by atoms with Gasteiger partial charge in [0.15, 0.2) is 0 Å². The van der Waals surface area contributed by atoms with E-state index in [1.165, 1.54) is 117 Å². The van der Waals surface area contributed by atoms with Crippen molar-refractivity contribution in [2.75, 3.05) is 83.5 Å². The van der Waals surface area contributed by atoms with Crippen molar-refractivity contribution in [2.24, 2.45) is 11.3 Å². The zero-order valence-electron chi connectivity index (χ0n) is 75.2. The highest BCUT2D eigenvalue weighted by atomic mass is 33.1. The normalized spacial score (nSPS) is 27.4. The third kappa shape index (κ3) is 24.7. The van der Waals surface area contributed by atoms with Gasteiger partial charge in [0, 0.05) is 194 Å². The first-order valence-corrected chi connectivity index (χ1v) is 62.5. The van der Waals surface area contributed by atoms with Crippen LogP contribution >= 0.6 is 151 Å². The summed E-state index contributed by atoms with van der Waals surface area (Å²) in [6.07, 6.45) is 6.80. The van der Waals surface area contributed by atoms with Crippen molar-refractivity contribution in [3.05, 3.63) is 156 Å². The zero-order valence-corrected chi connectivity index (χ0v) is 86.7. The number of aliphatic hydroxyl groups excluding tert-OH is 5. The van der Waals surface area contributed by atoms with Crippen LogP contribution in [0.3, 0.4) is 0 Å². The summed E-state index contributed by atoms with van der Waals surface area (Å²) in [4.78, 5) is 0. The Morgan fingerprint density at radius 3 is 1.05 bits per heavy atom. The molecule has 15 aliphatic rings. The number of ether oxygens (including phenoxy) is 5. The lowest BCUT2D eigenvalue weighted by Crippen LogP contribution is -2.49. The first-order valence-electron chi connectivity index (χ1n) is 45.3. The molecule has 4 fully saturated rings. The lowest BCUT2D eigenvalue weighted by molar-refractivity contribution is -0.196. The second-order valence-electron chi connectivity index (χ2n) is 39.2. The Morgan fingerprint density at radius 1 is 0.383 bits per heavy atom. The van der Waals surface area contributed by atoms with Gasteiger partial charge in [0.2, 0.25) is 0 Å². The molecule has 0 aromatic heterocycles. The number of benzene rings is 5. The molecule has 13 unspecified atom stereocenters. The second-order valence-corrected chi connectivity index (χ2v) is 56.9. The van der Waals surface area contributed by atoms with Crippen LogP contribution in [0.2, 0.25) is 0 Å². The van der Waals surface area contributed by atoms with E-state index in [0.29, 0.717) is 80.2 Å². The second kappa shape index (κ2) is 44.7. The molecule has 13 N–H and O–H groups in total. The Morgan fingerprint density at radius 2 is 0.727 bits per heavy atom. The largest absolute Gasteiger partial charge is 0.487 e. The number of nitrogens with zero attached hydrogens (tertiary/aromatic N) is 3. The minimum atomic E-state index is -0.573. The van der Waals surface area contributed by atoms with E-state index in [1.54, 1.807) is 0 Å². The number of hydrogen-bond acceptors (Lipinski definition) is 35. The Labute approximate surface area is 813 Å². The molecule has 0 bridgehead atoms. The van der Waals surface area contributed by atoms with Crippen LogP contribution in [0.5, 0.6) is 28.7 Å². The number of rotatable bonds is 24. The van der Waals surface area contributed by atoms with Gasteiger partial charge < -0.3 is 91.4 Å². The molecule has 20 rings (SSSR count). The molecule has 5 aromatic rings. The summed E-state index contributed by atoms with van der Waals surface area (Å²) >= 11 is 0. The third-order valence-corrected chi connectivity index (χ3v) is 45.1. The topological polar surface area (TPSA) is 278 Å². The Hall–Kier alpha value is -0.900. The van der Waals surface area contributed by atoms with E-state index < -0.39 is 36.1 Å². The lowest BCUT2D eigenvalue weighted by atomic mass is 9.87. The maximum Gasteiger partial charge on any atom is 0.130 e. The third-order valence-electron chi connectivity index (χ3n) is 27.5. The molecular formula is C93H132N8O13S14. The van der Waals surface area contributed by atoms with E-state index in [0.717, 1.165) is 163 Å². The van der Waals surface area contributed by atoms with Gasteiger partial charge in [-0.3, -0.25) is 0 Å². The predicted octanol–water partition coefficient (Wildman–Crippen LogP) is 16.9. The van der Waals surface area contributed by atoms with E-state index >= 15 is 0 Å². The molecule has 35 heteroatoms. The standard InChI is InChI=1S/C21H32N2O3S2.C21H30N2O3S2.C18H25NO2S4.C17H24N2O3S2.C16H21NO2S4/c2*1-20(2)8-16(21(3,4)23(20)25)9-22-10-17(24)19-6-13-5-14-11-27-28-12-15(14)7-18(13)26-19;1-18(2)10-24-25-17(18)7-19-6-14(20)16-4-11-3-12-8-22-23-9-13(12)5-15(11)21-16;20-15(8-18-14-1-3-19(21)4-2-14)17-6-11-5-12-9-23-24-10-13(12)7-16(11)22-17;18-14(7-17-6-13-1-2-20-23-13)16-4-10-3-11-8-21-22-9-12(11)5-15(10)19-16/h5,7,16-17,19,22,24-25H,6,8-12H2,1-4H3;5,7-8,17,19,22,24-25H,6,9-12H2,1-4H3;3,5,14,16-17,19-20H,4,6-10H2,1-2H3;5,7,14-15,17-18,20-21H,1-4,6,8-10H2;3,5,13-14,16-18H,1-2,4,6-9H2. The number of piperidine rings is 1. The van der Waals surface area contributed by atoms with Crippen molar-refractivity contribution in [3.63, 3.8) is 0 Å². The number of aliphatic hydroxyl groups is 5. The molecule has 0 radical (unpaired) electrons. The first kappa shape index (κ1) is 100. The summed E-state index contributed by atoms with van der Waals surface area (Å²) in [6.45, 7) is 28.4. The van der Waals surface area contributed by atoms with Gasteiger partial charge in [-0.25, -0.2) is 0 Å². The fourth-order valence-electron chi connectivity index (χ4n) is 19.4. The maximum absolute atomic E-state index is 10.7. The molecule has 0 amide bonds. The highest BCUT2D eigenvalue weighted by molar-refractivity contribution is 8.78. The van der Waals surface area contributed by atoms with Crippen molar-refractivity contribution in [2.45, 2.75) is 284 Å². The number of nitrogens with one attached hydrogen (secondary N) is 5. The predicted molar refractivity (Wildman–Crippen MR) is 547 cm³/mol. The Kier molecular flexibility index (Phi) is 35.0. The summed E-state index contributed by atoms with van der Waals surface area (Å²) in [6, 6.07) is 22.7. The SMILES string of the molecule is CC1(C)C=C(CNCC(O)C2Cc3cc4c(cc3O2)CSSC4)C(C)(C)N1O.CC1(C)CC(CNCC(O)C2Cc3cc4c(cc3O2)CSSC4)C(C)(C)N1O.CC1(C)CSSC1CNCC(O)C1Cc2cc3c(cc2O1)CSSC3.OC(CNC1CCN(O)CC1)C1Cc2cc3c(cc2O1)CSSC3.OC(CNCC1CCSS1)C1Cc2cc3c(cc2O1)CSSC3. The summed E-state index contributed by atoms with van der Waals surface area (Å²) in [5, 5.41) is 106. The van der Waals surface area contributed by atoms with E-state index in [1.807, 2.05) is 179 Å². The number of hydroxylamine groups is 6. The van der Waals surface area contributed by atoms with E-state index in [9.17, 15) is 41.2 Å². The molecule has 15 aliphatic heterocycles. The molecule has 0 aliphatic carbocycles. The van der Waals surface area contributed by atoms with Crippen molar-refractivity contribution in [1.29, 1.82) is 0 Å². The van der Waals surface area contributed by atoms with Crippen LogP contribution in [0.1, 0.15) is 178 Å². The average Bonchev–Trinajstić information content (AvgIpc) is 1.62. The van der Waals surface area contributed by atoms with Crippen molar-refractivity contribution < 1.29 is 64.8 Å². The molecule has 5 aromatic carbocycles. The van der Waals surface area contributed by atoms with Gasteiger partial charge >= 0.3 is 0 Å². The van der Waals surface area contributed by atoms with Gasteiger partial charge in [-0.2, -0.15) is 15.2 Å². The van der Waals surface area contributed by atoms with Crippen molar-refractivity contribution in [1.82, 2.24) is 41.8 Å². The van der Waals surface area contributed by atoms with Crippen LogP contribution < -0.4 is 50.3 Å². The minimum absolute atomic E-state index is 0.104. The summed E-state index contributed by atoms with van der Waals surface area (Å²) in [5.41, 5.74) is 20.4. The van der Waals surface area contributed by atoms with E-state index in [2.05, 4.69) is 135 Å². The summed E-state index contributed by atoms with van der Waals surface area (Å²) in [5.74, 6) is 18.1. The van der Waals surface area contributed by atoms with Gasteiger partial charge in [0.05, 0.1) is 11.1 Å². The molecule has 706 valence electrons. The molecule has 13 atom stereocenters. The van der Waals surface area contributed by atoms with E-state index in [4.69, 9.17) is 23.7 Å². The van der Waals surface area contributed by atoms with E-state index in [-0.39, 0.29) is 47.1 Å². The van der Waals surface area contributed by atoms with Crippen LogP contribution in [0.4, 0.5) is 0 Å². The highest BCUT2D eigenvalue weighted by Crippen LogP contribution is 2.52. The molecule has 4 saturated heterocycles. The molecule has 0 spiro atoms. The number of hydrogen-bond donors (Lipinski definition) is 13. The molecule has 0 saturated carbocycles. The van der Waals surface area contributed by atoms with Crippen LogP contribution in [-0.2, 0) is 89.6 Å². The monoisotopic (exact) mass is 2020 g/mol. The molecule has 21 nitrogen and oxygen atoms in total. The first-order chi connectivity index (χ1) is 61.4. The smallest absolute Gasteiger partial charge is 0.130 e. The van der Waals surface area contributed by atoms with Gasteiger partial charge in [-0.1, -0.05) is 201 Å². The molecule has 128 heavy (non-hydrogen) atoms. The Bertz CT molecular complexity index is 4470. The Balaban J connectivity index is 0.000000118. The quantitative estimate of drug-likeness (QED) is 0.0202. The number of fused-ring (bicyclic) bond motifs is 10. The maximum atomic E-state index is 10.7. The lowest BCUT2D eigenvalue weighted by Gasteiger charge is -2.36. The fourth-order valence-corrected chi connectivity index (χ4v) is 37.3. The highest BCUT2D eigenvalue weighted by Gasteiger charge is 2.52. The average molecular weight is 2020 g/mol. The molecule has 15 heterocycles. The van der Waals surface area contributed by atoms with Crippen molar-refractivity contribution >= 4 is 151 Å². The van der Waals surface area contributed by atoms with Crippen LogP contribution in [0, 0.1) is 11.3 Å². The van der Waals surface area contributed by atoms with Gasteiger partial charge in [-0.05, 0) is 218 Å². The fraction of sp³-hybridized carbons (Fsp3) is 0.656. The molecular weight excluding hydrogens is 1890 g/mol. The van der Waals surface area contributed by atoms with Gasteiger partial charge in [-0.15, -0.1) is 0 Å².